The molecule has 2 saturated heterocycles. The Morgan fingerprint density at radius 2 is 1.83 bits per heavy atom. The fourth-order valence-electron chi connectivity index (χ4n) is 3.94. The first-order chi connectivity index (χ1) is 11.3. The Morgan fingerprint density at radius 1 is 1.17 bits per heavy atom. The SMILES string of the molecule is CCS(=O)(=O)c1cccc(CN2CCC3(CC2)CN(C(C)C)C3)c1. The molecular formula is C19H30N2O2S. The summed E-state index contributed by atoms with van der Waals surface area (Å²) in [5.74, 6) is 0.162. The van der Waals surface area contributed by atoms with Gasteiger partial charge in [0.1, 0.15) is 0 Å². The molecule has 0 radical (unpaired) electrons. The highest BCUT2D eigenvalue weighted by molar-refractivity contribution is 7.91. The van der Waals surface area contributed by atoms with Crippen LogP contribution in [0.1, 0.15) is 39.2 Å². The van der Waals surface area contributed by atoms with Crippen molar-refractivity contribution in [1.29, 1.82) is 0 Å². The van der Waals surface area contributed by atoms with Gasteiger partial charge in [-0.05, 0) is 62.9 Å². The summed E-state index contributed by atoms with van der Waals surface area (Å²) in [6.45, 7) is 11.9. The molecule has 0 amide bonds. The Hall–Kier alpha value is -0.910. The molecule has 0 bridgehead atoms. The van der Waals surface area contributed by atoms with Crippen LogP contribution in [0.5, 0.6) is 0 Å². The summed E-state index contributed by atoms with van der Waals surface area (Å²) in [6, 6.07) is 8.14. The first kappa shape index (κ1) is 17.9. The molecule has 0 aliphatic carbocycles. The Bertz CT molecular complexity index is 668. The van der Waals surface area contributed by atoms with Crippen LogP contribution in [0.25, 0.3) is 0 Å². The molecule has 1 spiro atoms. The molecule has 1 aromatic rings. The highest BCUT2D eigenvalue weighted by atomic mass is 32.2. The summed E-state index contributed by atoms with van der Waals surface area (Å²) in [4.78, 5) is 5.50. The molecule has 134 valence electrons. The fraction of sp³-hybridized carbons (Fsp3) is 0.684. The normalized spacial score (nSPS) is 22.0. The predicted octanol–water partition coefficient (Wildman–Crippen LogP) is 2.79. The molecule has 5 heteroatoms. The zero-order valence-electron chi connectivity index (χ0n) is 15.2. The topological polar surface area (TPSA) is 40.6 Å². The molecule has 0 aromatic heterocycles. The van der Waals surface area contributed by atoms with Crippen molar-refractivity contribution in [2.45, 2.75) is 51.1 Å². The van der Waals surface area contributed by atoms with Gasteiger partial charge in [0.15, 0.2) is 9.84 Å². The van der Waals surface area contributed by atoms with Gasteiger partial charge >= 0.3 is 0 Å². The molecule has 0 atom stereocenters. The molecule has 3 rings (SSSR count). The molecule has 2 aliphatic rings. The van der Waals surface area contributed by atoms with E-state index < -0.39 is 9.84 Å². The van der Waals surface area contributed by atoms with Crippen LogP contribution >= 0.6 is 0 Å². The predicted molar refractivity (Wildman–Crippen MR) is 97.8 cm³/mol. The van der Waals surface area contributed by atoms with E-state index in [-0.39, 0.29) is 5.75 Å². The van der Waals surface area contributed by atoms with E-state index in [1.54, 1.807) is 13.0 Å². The van der Waals surface area contributed by atoms with Gasteiger partial charge in [-0.15, -0.1) is 0 Å². The van der Waals surface area contributed by atoms with E-state index in [4.69, 9.17) is 0 Å². The smallest absolute Gasteiger partial charge is 0.178 e. The number of rotatable bonds is 5. The largest absolute Gasteiger partial charge is 0.300 e. The van der Waals surface area contributed by atoms with E-state index in [0.29, 0.717) is 16.4 Å². The lowest BCUT2D eigenvalue weighted by Gasteiger charge is -2.55. The van der Waals surface area contributed by atoms with Crippen molar-refractivity contribution in [2.24, 2.45) is 5.41 Å². The Balaban J connectivity index is 1.57. The molecule has 1 aromatic carbocycles. The number of likely N-dealkylation sites (tertiary alicyclic amines) is 2. The van der Waals surface area contributed by atoms with Crippen molar-refractivity contribution in [3.63, 3.8) is 0 Å². The lowest BCUT2D eigenvalue weighted by molar-refractivity contribution is -0.0633. The summed E-state index contributed by atoms with van der Waals surface area (Å²) in [7, 11) is -3.11. The van der Waals surface area contributed by atoms with E-state index >= 15 is 0 Å². The average Bonchev–Trinajstić information content (AvgIpc) is 2.53. The number of hydrogen-bond acceptors (Lipinski definition) is 4. The summed E-state index contributed by atoms with van der Waals surface area (Å²) in [6.07, 6.45) is 2.53. The molecule has 2 fully saturated rings. The molecule has 0 saturated carbocycles. The highest BCUT2D eigenvalue weighted by Crippen LogP contribution is 2.41. The van der Waals surface area contributed by atoms with Crippen molar-refractivity contribution in [2.75, 3.05) is 31.9 Å². The van der Waals surface area contributed by atoms with Crippen LogP contribution in [0, 0.1) is 5.41 Å². The second-order valence-corrected chi connectivity index (χ2v) is 10.1. The van der Waals surface area contributed by atoms with E-state index in [1.807, 2.05) is 18.2 Å². The van der Waals surface area contributed by atoms with Gasteiger partial charge in [0.25, 0.3) is 0 Å². The van der Waals surface area contributed by atoms with Gasteiger partial charge in [-0.3, -0.25) is 9.80 Å². The molecule has 24 heavy (non-hydrogen) atoms. The lowest BCUT2D eigenvalue weighted by atomic mass is 9.71. The number of benzene rings is 1. The van der Waals surface area contributed by atoms with Gasteiger partial charge in [-0.1, -0.05) is 19.1 Å². The first-order valence-electron chi connectivity index (χ1n) is 9.12. The summed E-state index contributed by atoms with van der Waals surface area (Å²) < 4.78 is 24.1. The Kier molecular flexibility index (Phi) is 5.05. The Labute approximate surface area is 146 Å². The van der Waals surface area contributed by atoms with Crippen molar-refractivity contribution >= 4 is 9.84 Å². The average molecular weight is 351 g/mol. The van der Waals surface area contributed by atoms with E-state index in [2.05, 4.69) is 23.6 Å². The van der Waals surface area contributed by atoms with Crippen LogP contribution < -0.4 is 0 Å². The summed E-state index contributed by atoms with van der Waals surface area (Å²) in [5.41, 5.74) is 1.66. The fourth-order valence-corrected chi connectivity index (χ4v) is 4.89. The standard InChI is InChI=1S/C19H30N2O2S/c1-4-24(22,23)18-7-5-6-17(12-18)13-20-10-8-19(9-11-20)14-21(15-19)16(2)3/h5-7,12,16H,4,8-11,13-15H2,1-3H3. The molecular weight excluding hydrogens is 320 g/mol. The van der Waals surface area contributed by atoms with Gasteiger partial charge in [-0.25, -0.2) is 8.42 Å². The zero-order valence-corrected chi connectivity index (χ0v) is 16.0. The minimum atomic E-state index is -3.11. The van der Waals surface area contributed by atoms with Crippen LogP contribution in [0.4, 0.5) is 0 Å². The van der Waals surface area contributed by atoms with Gasteiger partial charge in [0.05, 0.1) is 10.6 Å². The molecule has 0 N–H and O–H groups in total. The highest BCUT2D eigenvalue weighted by Gasteiger charge is 2.45. The van der Waals surface area contributed by atoms with E-state index in [1.165, 1.54) is 25.9 Å². The monoisotopic (exact) mass is 350 g/mol. The number of nitrogens with zero attached hydrogens (tertiary/aromatic N) is 2. The van der Waals surface area contributed by atoms with Gasteiger partial charge < -0.3 is 0 Å². The van der Waals surface area contributed by atoms with E-state index in [9.17, 15) is 8.42 Å². The quantitative estimate of drug-likeness (QED) is 0.819. The van der Waals surface area contributed by atoms with Crippen molar-refractivity contribution < 1.29 is 8.42 Å². The minimum Gasteiger partial charge on any atom is -0.300 e. The maximum atomic E-state index is 12.0. The number of piperidine rings is 1. The van der Waals surface area contributed by atoms with Gasteiger partial charge in [0, 0.05) is 25.7 Å². The van der Waals surface area contributed by atoms with Gasteiger partial charge in [-0.2, -0.15) is 0 Å². The zero-order chi connectivity index (χ0) is 17.4. The summed E-state index contributed by atoms with van der Waals surface area (Å²) in [5, 5.41) is 0. The molecule has 4 nitrogen and oxygen atoms in total. The number of sulfone groups is 1. The van der Waals surface area contributed by atoms with E-state index in [0.717, 1.165) is 25.2 Å². The van der Waals surface area contributed by atoms with Crippen molar-refractivity contribution in [1.82, 2.24) is 9.80 Å². The van der Waals surface area contributed by atoms with Crippen LogP contribution in [0.3, 0.4) is 0 Å². The second-order valence-electron chi connectivity index (χ2n) is 7.83. The lowest BCUT2D eigenvalue weighted by Crippen LogP contribution is -2.61. The van der Waals surface area contributed by atoms with Crippen LogP contribution in [0.2, 0.25) is 0 Å². The van der Waals surface area contributed by atoms with Crippen molar-refractivity contribution in [3.05, 3.63) is 29.8 Å². The third-order valence-electron chi connectivity index (χ3n) is 5.77. The minimum absolute atomic E-state index is 0.162. The molecule has 0 unspecified atom stereocenters. The second kappa shape index (κ2) is 6.77. The maximum absolute atomic E-state index is 12.0. The first-order valence-corrected chi connectivity index (χ1v) is 10.8. The Morgan fingerprint density at radius 3 is 2.42 bits per heavy atom. The summed E-state index contributed by atoms with van der Waals surface area (Å²) >= 11 is 0. The third kappa shape index (κ3) is 3.68. The maximum Gasteiger partial charge on any atom is 0.178 e. The van der Waals surface area contributed by atoms with Crippen LogP contribution in [-0.4, -0.2) is 56.2 Å². The van der Waals surface area contributed by atoms with Gasteiger partial charge in [0.2, 0.25) is 0 Å². The third-order valence-corrected chi connectivity index (χ3v) is 7.50. The molecule has 2 heterocycles. The number of hydrogen-bond donors (Lipinski definition) is 0. The molecule has 2 aliphatic heterocycles. The van der Waals surface area contributed by atoms with Crippen molar-refractivity contribution in [3.8, 4) is 0 Å². The van der Waals surface area contributed by atoms with Crippen LogP contribution in [-0.2, 0) is 16.4 Å². The van der Waals surface area contributed by atoms with Crippen LogP contribution in [0.15, 0.2) is 29.2 Å².